The van der Waals surface area contributed by atoms with Crippen molar-refractivity contribution in [3.63, 3.8) is 0 Å². The van der Waals surface area contributed by atoms with E-state index in [9.17, 15) is 34.8 Å². The van der Waals surface area contributed by atoms with Gasteiger partial charge in [0.15, 0.2) is 58.6 Å². The van der Waals surface area contributed by atoms with E-state index in [1.54, 1.807) is 26.5 Å². The van der Waals surface area contributed by atoms with Crippen molar-refractivity contribution in [1.82, 2.24) is 79.0 Å². The molecule has 6 aromatic heterocycles. The number of aliphatic hydroxyl groups is 4. The number of ether oxygens (including phenoxy) is 2. The van der Waals surface area contributed by atoms with E-state index < -0.39 is 60.9 Å². The summed E-state index contributed by atoms with van der Waals surface area (Å²) in [4.78, 5) is 78.2. The van der Waals surface area contributed by atoms with Crippen molar-refractivity contribution >= 4 is 63.7 Å². The molecule has 0 unspecified atom stereocenters. The highest BCUT2D eigenvalue weighted by atomic mass is 16.6. The highest BCUT2D eigenvalue weighted by molar-refractivity contribution is 5.86. The minimum absolute atomic E-state index is 0.0188. The summed E-state index contributed by atoms with van der Waals surface area (Å²) in [7, 11) is 3.81. The number of likely N-dealkylation sites (N-methyl/N-ethyl adjacent to an activating group) is 2. The Balaban J connectivity index is 0.763. The van der Waals surface area contributed by atoms with Crippen LogP contribution in [0.25, 0.3) is 22.3 Å². The number of carbonyl (C=O) groups is 3. The van der Waals surface area contributed by atoms with Crippen LogP contribution in [0.2, 0.25) is 0 Å². The van der Waals surface area contributed by atoms with E-state index in [2.05, 4.69) is 57.2 Å². The van der Waals surface area contributed by atoms with Crippen LogP contribution in [0.3, 0.4) is 0 Å². The fraction of sp³-hybridized carbons (Fsp3) is 0.604. The van der Waals surface area contributed by atoms with Gasteiger partial charge >= 0.3 is 6.03 Å². The summed E-state index contributed by atoms with van der Waals surface area (Å²) in [5.74, 6) is 0.405. The minimum Gasteiger partial charge on any atom is -0.387 e. The molecule has 414 valence electrons. The average Bonchev–Trinajstić information content (AvgIpc) is 4.39. The van der Waals surface area contributed by atoms with Gasteiger partial charge in [-0.25, -0.2) is 24.7 Å². The van der Waals surface area contributed by atoms with Crippen LogP contribution in [0.15, 0.2) is 37.7 Å². The Labute approximate surface area is 442 Å². The first-order valence-corrected chi connectivity index (χ1v) is 26.3. The van der Waals surface area contributed by atoms with Gasteiger partial charge in [-0.15, -0.1) is 0 Å². The van der Waals surface area contributed by atoms with Crippen LogP contribution in [0.4, 0.5) is 28.3 Å². The molecule has 0 radical (unpaired) electrons. The number of hydrogen-bond donors (Lipinski definition) is 11. The molecule has 1 saturated carbocycles. The Morgan fingerprint density at radius 1 is 0.584 bits per heavy atom. The number of imidazole rings is 4. The molecule has 4 aliphatic rings. The number of rotatable bonds is 19. The number of carbonyl (C=O) groups excluding carboxylic acids is 3. The lowest BCUT2D eigenvalue weighted by molar-refractivity contribution is -0.138. The van der Waals surface area contributed by atoms with Crippen LogP contribution >= 0.6 is 0 Å². The molecule has 0 aromatic carbocycles. The lowest BCUT2D eigenvalue weighted by Gasteiger charge is -2.35. The zero-order chi connectivity index (χ0) is 53.9. The van der Waals surface area contributed by atoms with Crippen LogP contribution in [-0.4, -0.2) is 195 Å². The van der Waals surface area contributed by atoms with Gasteiger partial charge < -0.3 is 81.2 Å². The first kappa shape index (κ1) is 53.1. The third kappa shape index (κ3) is 11.5. The normalized spacial score (nSPS) is 25.8. The maximum Gasteiger partial charge on any atom is 0.317 e. The number of urea groups is 1. The fourth-order valence-electron chi connectivity index (χ4n) is 10.4. The number of aromatic nitrogens is 12. The zero-order valence-corrected chi connectivity index (χ0v) is 43.4. The van der Waals surface area contributed by atoms with Crippen LogP contribution in [0, 0.1) is 0 Å². The van der Waals surface area contributed by atoms with Crippen molar-refractivity contribution in [3.05, 3.63) is 49.1 Å². The monoisotopic (exact) mass is 1070 g/mol. The van der Waals surface area contributed by atoms with Crippen molar-refractivity contribution in [2.75, 3.05) is 60.5 Å². The number of aryl methyl sites for hydroxylation is 2. The largest absolute Gasteiger partial charge is 0.387 e. The first-order valence-electron chi connectivity index (χ1n) is 26.3. The number of aliphatic hydroxyl groups excluding tert-OH is 4. The summed E-state index contributed by atoms with van der Waals surface area (Å²) in [5.41, 5.74) is 3.24. The first-order chi connectivity index (χ1) is 37.2. The maximum atomic E-state index is 13.8. The maximum absolute atomic E-state index is 13.8. The van der Waals surface area contributed by atoms with Gasteiger partial charge in [-0.05, 0) is 52.4 Å². The molecule has 4 fully saturated rings. The third-order valence-electron chi connectivity index (χ3n) is 14.5. The Morgan fingerprint density at radius 2 is 1.03 bits per heavy atom. The van der Waals surface area contributed by atoms with Crippen molar-refractivity contribution in [3.8, 4) is 0 Å². The molecule has 10 rings (SSSR count). The van der Waals surface area contributed by atoms with Crippen LogP contribution in [0.5, 0.6) is 0 Å². The molecule has 29 nitrogen and oxygen atoms in total. The van der Waals surface area contributed by atoms with E-state index in [0.29, 0.717) is 118 Å². The summed E-state index contributed by atoms with van der Waals surface area (Å²) in [6, 6.07) is -0.284. The van der Waals surface area contributed by atoms with E-state index in [1.807, 2.05) is 40.5 Å². The number of amides is 4. The van der Waals surface area contributed by atoms with Crippen LogP contribution in [-0.2, 0) is 46.0 Å². The Hall–Kier alpha value is -7.31. The number of hydrogen-bond acceptors (Lipinski definition) is 21. The molecule has 4 amide bonds. The smallest absolute Gasteiger partial charge is 0.317 e. The quantitative estimate of drug-likeness (QED) is 0.0476. The van der Waals surface area contributed by atoms with E-state index in [0.717, 1.165) is 24.2 Å². The Morgan fingerprint density at radius 3 is 1.45 bits per heavy atom. The Kier molecular flexibility index (Phi) is 15.9. The number of anilines is 4. The molecule has 29 heteroatoms. The summed E-state index contributed by atoms with van der Waals surface area (Å²) < 4.78 is 18.6. The lowest BCUT2D eigenvalue weighted by atomic mass is 9.91. The van der Waals surface area contributed by atoms with Crippen molar-refractivity contribution in [1.29, 1.82) is 0 Å². The zero-order valence-electron chi connectivity index (χ0n) is 43.4. The molecule has 1 aliphatic carbocycles. The standard InChI is InChI=1S/C48H68N20O9/c1-5-49-42(73)36-32(69)34(71)44(76-36)67-23-55-30-38(60-46(62-40(30)67)51-15-11-28-19-64(3)21-53-28)57-25-7-9-26(10-8-25)59-48(75)66-17-13-27(14-18-66)58-39-31-41(63-47(61-39)52-16-12-29-20-65(4)22-54-29)68(24-56-31)45-35(72)33(70)37(77-45)43(74)50-6-2/h19-27,32-37,44-45,69-72H,5-18H2,1-4H3,(H,49,73)(H,50,74)(H,59,75)(H2,51,57,60,62)(H2,52,58,61,63)/t25-,26-,32-,33-,34+,35+,36-,37-,44+,45+/m0/s1. The Bertz CT molecular complexity index is 3020. The third-order valence-corrected chi connectivity index (χ3v) is 14.5. The summed E-state index contributed by atoms with van der Waals surface area (Å²) in [6.45, 7) is 6.07. The molecule has 8 atom stereocenters. The molecule has 6 aromatic rings. The van der Waals surface area contributed by atoms with Gasteiger partial charge in [-0.2, -0.15) is 19.9 Å². The molecule has 3 saturated heterocycles. The number of nitrogens with zero attached hydrogens (tertiary/aromatic N) is 13. The van der Waals surface area contributed by atoms with Crippen molar-refractivity contribution in [2.24, 2.45) is 14.1 Å². The van der Waals surface area contributed by atoms with Crippen LogP contribution in [0.1, 0.15) is 76.2 Å². The predicted octanol–water partition coefficient (Wildman–Crippen LogP) is -0.738. The topological polar surface area (TPSA) is 361 Å². The number of fused-ring (bicyclic) bond motifs is 2. The van der Waals surface area contributed by atoms with Crippen molar-refractivity contribution in [2.45, 2.75) is 132 Å². The van der Waals surface area contributed by atoms with Crippen molar-refractivity contribution < 1.29 is 44.3 Å². The number of nitrogens with one attached hydrogen (secondary N) is 7. The highest BCUT2D eigenvalue weighted by Crippen LogP contribution is 2.36. The van der Waals surface area contributed by atoms with Gasteiger partial charge in [-0.3, -0.25) is 18.7 Å². The van der Waals surface area contributed by atoms with Gasteiger partial charge in [0.1, 0.15) is 24.4 Å². The molecule has 9 heterocycles. The van der Waals surface area contributed by atoms with E-state index in [4.69, 9.17) is 29.4 Å². The summed E-state index contributed by atoms with van der Waals surface area (Å²) in [6.07, 6.45) is 4.80. The second kappa shape index (κ2) is 23.1. The molecule has 0 spiro atoms. The lowest BCUT2D eigenvalue weighted by Crippen LogP contribution is -2.50. The number of piperidine rings is 1. The highest BCUT2D eigenvalue weighted by Gasteiger charge is 2.49. The summed E-state index contributed by atoms with van der Waals surface area (Å²) in [5, 5.41) is 66.0. The molecule has 77 heavy (non-hydrogen) atoms. The predicted molar refractivity (Wildman–Crippen MR) is 277 cm³/mol. The van der Waals surface area contributed by atoms with Gasteiger partial charge in [0, 0.05) is 96.7 Å². The van der Waals surface area contributed by atoms with Gasteiger partial charge in [0.05, 0.1) is 36.7 Å². The molecule has 3 aliphatic heterocycles. The second-order valence-electron chi connectivity index (χ2n) is 20.0. The average molecular weight is 1070 g/mol. The van der Waals surface area contributed by atoms with Gasteiger partial charge in [0.2, 0.25) is 11.9 Å². The molecule has 0 bridgehead atoms. The molecular formula is C48H68N20O9. The van der Waals surface area contributed by atoms with E-state index in [1.165, 1.54) is 21.8 Å². The number of likely N-dealkylation sites (tertiary alicyclic amines) is 1. The van der Waals surface area contributed by atoms with E-state index >= 15 is 0 Å². The second-order valence-corrected chi connectivity index (χ2v) is 20.0. The SMILES string of the molecule is CCNC(=O)[C@H]1O[C@@H](n2cnc3c(NC4CCN(C(=O)N[C@H]5CC[C@H](Nc6nc(NCCc7cn(C)cn7)nc7c6ncn7[C@@H]6O[C@H](C(=O)NCC)[C@@H](O)[C@H]6O)CC5)CC4)nc(NCCc4cn(C)cn4)nc32)[C@H](O)[C@@H]1O. The van der Waals surface area contributed by atoms with Gasteiger partial charge in [0.25, 0.3) is 11.8 Å². The van der Waals surface area contributed by atoms with Gasteiger partial charge in [-0.1, -0.05) is 0 Å². The van der Waals surface area contributed by atoms with Crippen LogP contribution < -0.4 is 37.2 Å². The molecule has 11 N–H and O–H groups in total. The fourth-order valence-corrected chi connectivity index (χ4v) is 10.4. The summed E-state index contributed by atoms with van der Waals surface area (Å²) >= 11 is 0. The van der Waals surface area contributed by atoms with E-state index in [-0.39, 0.29) is 30.1 Å². The molecular weight excluding hydrogens is 1000 g/mol. The minimum atomic E-state index is -1.48.